The zero-order chi connectivity index (χ0) is 18.4. The molecule has 3 rings (SSSR count). The SMILES string of the molecule is COc1ccc(N(C(=O)OCC2CCCCC2)c2cccc(F)c2)cc1. The van der Waals surface area contributed by atoms with E-state index in [9.17, 15) is 9.18 Å². The normalized spacial score (nSPS) is 14.7. The van der Waals surface area contributed by atoms with Crippen molar-refractivity contribution in [3.63, 3.8) is 0 Å². The molecule has 0 spiro atoms. The van der Waals surface area contributed by atoms with Crippen LogP contribution >= 0.6 is 0 Å². The molecule has 1 amide bonds. The van der Waals surface area contributed by atoms with Crippen LogP contribution in [-0.4, -0.2) is 19.8 Å². The van der Waals surface area contributed by atoms with E-state index in [1.54, 1.807) is 43.5 Å². The second-order valence-electron chi connectivity index (χ2n) is 6.59. The van der Waals surface area contributed by atoms with Gasteiger partial charge in [-0.1, -0.05) is 25.3 Å². The Hall–Kier alpha value is -2.56. The van der Waals surface area contributed by atoms with Gasteiger partial charge in [-0.3, -0.25) is 0 Å². The molecule has 5 heteroatoms. The Morgan fingerprint density at radius 1 is 1.08 bits per heavy atom. The molecule has 0 radical (unpaired) electrons. The molecule has 0 unspecified atom stereocenters. The van der Waals surface area contributed by atoms with E-state index in [0.717, 1.165) is 12.8 Å². The maximum absolute atomic E-state index is 13.7. The maximum Gasteiger partial charge on any atom is 0.418 e. The summed E-state index contributed by atoms with van der Waals surface area (Å²) >= 11 is 0. The summed E-state index contributed by atoms with van der Waals surface area (Å²) in [4.78, 5) is 14.2. The van der Waals surface area contributed by atoms with Crippen molar-refractivity contribution in [1.82, 2.24) is 0 Å². The first-order valence-corrected chi connectivity index (χ1v) is 9.04. The first-order valence-electron chi connectivity index (χ1n) is 9.04. The van der Waals surface area contributed by atoms with Gasteiger partial charge in [0.1, 0.15) is 11.6 Å². The van der Waals surface area contributed by atoms with Crippen LogP contribution in [0.2, 0.25) is 0 Å². The third-order valence-electron chi connectivity index (χ3n) is 4.75. The molecular formula is C21H24FNO3. The van der Waals surface area contributed by atoms with Crippen molar-refractivity contribution in [2.75, 3.05) is 18.6 Å². The topological polar surface area (TPSA) is 38.8 Å². The predicted octanol–water partition coefficient (Wildman–Crippen LogP) is 5.69. The second-order valence-corrected chi connectivity index (χ2v) is 6.59. The fourth-order valence-electron chi connectivity index (χ4n) is 3.31. The van der Waals surface area contributed by atoms with E-state index in [2.05, 4.69) is 0 Å². The Morgan fingerprint density at radius 3 is 2.46 bits per heavy atom. The first kappa shape index (κ1) is 18.2. The van der Waals surface area contributed by atoms with Gasteiger partial charge in [-0.25, -0.2) is 14.1 Å². The molecule has 2 aromatic rings. The van der Waals surface area contributed by atoms with Crippen molar-refractivity contribution in [3.05, 3.63) is 54.3 Å². The number of amides is 1. The van der Waals surface area contributed by atoms with Crippen LogP contribution in [-0.2, 0) is 4.74 Å². The lowest BCUT2D eigenvalue weighted by molar-refractivity contribution is 0.124. The molecule has 0 heterocycles. The van der Waals surface area contributed by atoms with Crippen molar-refractivity contribution >= 4 is 17.5 Å². The summed E-state index contributed by atoms with van der Waals surface area (Å²) in [6.45, 7) is 0.404. The highest BCUT2D eigenvalue weighted by Gasteiger charge is 2.22. The fraction of sp³-hybridized carbons (Fsp3) is 0.381. The molecule has 4 nitrogen and oxygen atoms in total. The van der Waals surface area contributed by atoms with E-state index < -0.39 is 11.9 Å². The van der Waals surface area contributed by atoms with Gasteiger partial charge < -0.3 is 9.47 Å². The number of hydrogen-bond acceptors (Lipinski definition) is 3. The van der Waals surface area contributed by atoms with Gasteiger partial charge in [-0.15, -0.1) is 0 Å². The summed E-state index contributed by atoms with van der Waals surface area (Å²) in [5.41, 5.74) is 1.04. The number of halogens is 1. The smallest absolute Gasteiger partial charge is 0.418 e. The van der Waals surface area contributed by atoms with E-state index in [4.69, 9.17) is 9.47 Å². The predicted molar refractivity (Wildman–Crippen MR) is 99.5 cm³/mol. The number of nitrogens with zero attached hydrogens (tertiary/aromatic N) is 1. The number of ether oxygens (including phenoxy) is 2. The van der Waals surface area contributed by atoms with Crippen LogP contribution < -0.4 is 9.64 Å². The van der Waals surface area contributed by atoms with Crippen LogP contribution in [0, 0.1) is 11.7 Å². The lowest BCUT2D eigenvalue weighted by Crippen LogP contribution is -2.29. The average molecular weight is 357 g/mol. The van der Waals surface area contributed by atoms with Gasteiger partial charge in [0, 0.05) is 0 Å². The lowest BCUT2D eigenvalue weighted by Gasteiger charge is -2.25. The summed E-state index contributed by atoms with van der Waals surface area (Å²) in [5, 5.41) is 0. The van der Waals surface area contributed by atoms with Crippen LogP contribution in [0.1, 0.15) is 32.1 Å². The van der Waals surface area contributed by atoms with Crippen molar-refractivity contribution in [1.29, 1.82) is 0 Å². The minimum atomic E-state index is -0.494. The quantitative estimate of drug-likeness (QED) is 0.690. The zero-order valence-electron chi connectivity index (χ0n) is 15.0. The van der Waals surface area contributed by atoms with Gasteiger partial charge in [-0.2, -0.15) is 0 Å². The number of hydrogen-bond donors (Lipinski definition) is 0. The Bertz CT molecular complexity index is 726. The minimum absolute atomic E-state index is 0.402. The molecule has 0 bridgehead atoms. The van der Waals surface area contributed by atoms with Gasteiger partial charge >= 0.3 is 6.09 Å². The third kappa shape index (κ3) is 4.54. The molecule has 0 saturated heterocycles. The van der Waals surface area contributed by atoms with Crippen LogP contribution in [0.15, 0.2) is 48.5 Å². The first-order chi connectivity index (χ1) is 12.7. The summed E-state index contributed by atoms with van der Waals surface area (Å²) < 4.78 is 24.5. The summed E-state index contributed by atoms with van der Waals surface area (Å²) in [6.07, 6.45) is 5.33. The van der Waals surface area contributed by atoms with Crippen LogP contribution in [0.5, 0.6) is 5.75 Å². The minimum Gasteiger partial charge on any atom is -0.497 e. The van der Waals surface area contributed by atoms with Crippen LogP contribution in [0.25, 0.3) is 0 Å². The third-order valence-corrected chi connectivity index (χ3v) is 4.75. The summed E-state index contributed by atoms with van der Waals surface area (Å²) in [6, 6.07) is 13.0. The van der Waals surface area contributed by atoms with Gasteiger partial charge in [0.2, 0.25) is 0 Å². The Morgan fingerprint density at radius 2 is 1.81 bits per heavy atom. The van der Waals surface area contributed by atoms with Gasteiger partial charge in [0.15, 0.2) is 0 Å². The second kappa shape index (κ2) is 8.70. The van der Waals surface area contributed by atoms with Crippen LogP contribution in [0.4, 0.5) is 20.6 Å². The molecule has 0 N–H and O–H groups in total. The van der Waals surface area contributed by atoms with E-state index in [1.807, 2.05) is 0 Å². The average Bonchev–Trinajstić information content (AvgIpc) is 2.68. The molecule has 1 saturated carbocycles. The molecule has 2 aromatic carbocycles. The number of rotatable bonds is 5. The number of carbonyl (C=O) groups excluding carboxylic acids is 1. The van der Waals surface area contributed by atoms with E-state index in [0.29, 0.717) is 29.6 Å². The molecule has 1 fully saturated rings. The van der Waals surface area contributed by atoms with Crippen molar-refractivity contribution in [3.8, 4) is 5.75 Å². The number of benzene rings is 2. The van der Waals surface area contributed by atoms with Crippen molar-refractivity contribution < 1.29 is 18.7 Å². The molecule has 138 valence electrons. The fourth-order valence-corrected chi connectivity index (χ4v) is 3.31. The molecule has 1 aliphatic carbocycles. The molecule has 0 atom stereocenters. The van der Waals surface area contributed by atoms with Crippen molar-refractivity contribution in [2.24, 2.45) is 5.92 Å². The maximum atomic E-state index is 13.7. The number of anilines is 2. The number of methoxy groups -OCH3 is 1. The standard InChI is InChI=1S/C21H24FNO3/c1-25-20-12-10-18(11-13-20)23(19-9-5-8-17(22)14-19)21(24)26-15-16-6-3-2-4-7-16/h5,8-14,16H,2-4,6-7,15H2,1H3. The molecule has 26 heavy (non-hydrogen) atoms. The highest BCUT2D eigenvalue weighted by atomic mass is 19.1. The summed E-state index contributed by atoms with van der Waals surface area (Å²) in [7, 11) is 1.58. The van der Waals surface area contributed by atoms with Gasteiger partial charge in [-0.05, 0) is 61.2 Å². The highest BCUT2D eigenvalue weighted by Crippen LogP contribution is 2.29. The van der Waals surface area contributed by atoms with Gasteiger partial charge in [0.25, 0.3) is 0 Å². The van der Waals surface area contributed by atoms with Gasteiger partial charge in [0.05, 0.1) is 25.1 Å². The van der Waals surface area contributed by atoms with Crippen LogP contribution in [0.3, 0.4) is 0 Å². The monoisotopic (exact) mass is 357 g/mol. The lowest BCUT2D eigenvalue weighted by atomic mass is 9.90. The van der Waals surface area contributed by atoms with Crippen molar-refractivity contribution in [2.45, 2.75) is 32.1 Å². The largest absolute Gasteiger partial charge is 0.497 e. The molecule has 0 aromatic heterocycles. The Balaban J connectivity index is 1.80. The van der Waals surface area contributed by atoms with E-state index >= 15 is 0 Å². The van der Waals surface area contributed by atoms with E-state index in [-0.39, 0.29) is 0 Å². The molecule has 0 aliphatic heterocycles. The van der Waals surface area contributed by atoms with E-state index in [1.165, 1.54) is 36.3 Å². The number of carbonyl (C=O) groups is 1. The molecule has 1 aliphatic rings. The zero-order valence-corrected chi connectivity index (χ0v) is 15.0. The molecular weight excluding hydrogens is 333 g/mol. The Labute approximate surface area is 153 Å². The highest BCUT2D eigenvalue weighted by molar-refractivity contribution is 5.96. The Kier molecular flexibility index (Phi) is 6.10. The summed E-state index contributed by atoms with van der Waals surface area (Å²) in [5.74, 6) is 0.697.